The fourth-order valence-corrected chi connectivity index (χ4v) is 3.69. The maximum Gasteiger partial charge on any atom is 0.233 e. The van der Waals surface area contributed by atoms with Crippen LogP contribution in [-0.4, -0.2) is 28.6 Å². The minimum Gasteiger partial charge on any atom is -0.282 e. The predicted octanol–water partition coefficient (Wildman–Crippen LogP) is 2.44. The Morgan fingerprint density at radius 1 is 1.24 bits per heavy atom. The van der Waals surface area contributed by atoms with Crippen molar-refractivity contribution in [3.8, 4) is 0 Å². The number of rotatable bonds is 5. The molecule has 1 aliphatic carbocycles. The Morgan fingerprint density at radius 2 is 1.76 bits per heavy atom. The second-order valence-corrected chi connectivity index (χ2v) is 6.77. The summed E-state index contributed by atoms with van der Waals surface area (Å²) in [6.07, 6.45) is 2.01. The van der Waals surface area contributed by atoms with Crippen LogP contribution in [0.1, 0.15) is 33.6 Å². The van der Waals surface area contributed by atoms with Gasteiger partial charge in [0.05, 0.1) is 11.8 Å². The van der Waals surface area contributed by atoms with Crippen LogP contribution < -0.4 is 0 Å². The number of carbonyl (C=O) groups is 2. The molecule has 3 nitrogen and oxygen atoms in total. The van der Waals surface area contributed by atoms with Gasteiger partial charge in [0.1, 0.15) is 0 Å². The molecule has 1 heterocycles. The van der Waals surface area contributed by atoms with Crippen molar-refractivity contribution in [1.29, 1.82) is 0 Å². The number of nitrogens with zero attached hydrogens (tertiary/aromatic N) is 1. The third kappa shape index (κ3) is 2.05. The van der Waals surface area contributed by atoms with Gasteiger partial charge < -0.3 is 0 Å². The van der Waals surface area contributed by atoms with Crippen molar-refractivity contribution in [3.63, 3.8) is 0 Å². The topological polar surface area (TPSA) is 37.4 Å². The van der Waals surface area contributed by atoms with Gasteiger partial charge in [-0.25, -0.2) is 0 Å². The third-order valence-corrected chi connectivity index (χ3v) is 4.80. The molecule has 17 heavy (non-hydrogen) atoms. The molecule has 1 saturated heterocycles. The van der Waals surface area contributed by atoms with Gasteiger partial charge >= 0.3 is 0 Å². The highest BCUT2D eigenvalue weighted by Crippen LogP contribution is 2.63. The van der Waals surface area contributed by atoms with E-state index in [0.29, 0.717) is 12.5 Å². The molecule has 1 saturated carbocycles. The SMILES string of the molecule is CC(CCBr)CCN1C(=O)C2C(C1=O)C2(C)C. The molecular weight excluding hydrogens is 282 g/mol. The molecule has 2 aliphatic rings. The van der Waals surface area contributed by atoms with Crippen molar-refractivity contribution >= 4 is 27.7 Å². The Morgan fingerprint density at radius 3 is 2.24 bits per heavy atom. The summed E-state index contributed by atoms with van der Waals surface area (Å²) in [5.74, 6) is 0.634. The molecule has 1 aliphatic heterocycles. The van der Waals surface area contributed by atoms with Gasteiger partial charge in [0.15, 0.2) is 0 Å². The summed E-state index contributed by atoms with van der Waals surface area (Å²) in [7, 11) is 0. The van der Waals surface area contributed by atoms with Crippen molar-refractivity contribution in [3.05, 3.63) is 0 Å². The predicted molar refractivity (Wildman–Crippen MR) is 69.7 cm³/mol. The second-order valence-electron chi connectivity index (χ2n) is 5.98. The first-order chi connectivity index (χ1) is 7.91. The highest BCUT2D eigenvalue weighted by Gasteiger charge is 2.72. The largest absolute Gasteiger partial charge is 0.282 e. The van der Waals surface area contributed by atoms with Gasteiger partial charge in [0.2, 0.25) is 11.8 Å². The Balaban J connectivity index is 1.89. The summed E-state index contributed by atoms with van der Waals surface area (Å²) in [4.78, 5) is 25.6. The molecule has 2 amide bonds. The monoisotopic (exact) mass is 301 g/mol. The quantitative estimate of drug-likeness (QED) is 0.578. The van der Waals surface area contributed by atoms with Crippen molar-refractivity contribution in [2.45, 2.75) is 33.6 Å². The van der Waals surface area contributed by atoms with Crippen LogP contribution >= 0.6 is 15.9 Å². The van der Waals surface area contributed by atoms with E-state index in [9.17, 15) is 9.59 Å². The van der Waals surface area contributed by atoms with E-state index in [-0.39, 0.29) is 29.1 Å². The van der Waals surface area contributed by atoms with E-state index >= 15 is 0 Å². The van der Waals surface area contributed by atoms with Crippen LogP contribution in [0.3, 0.4) is 0 Å². The molecule has 3 atom stereocenters. The highest BCUT2D eigenvalue weighted by molar-refractivity contribution is 9.09. The van der Waals surface area contributed by atoms with E-state index in [1.165, 1.54) is 4.90 Å². The maximum atomic E-state index is 12.0. The zero-order chi connectivity index (χ0) is 12.8. The smallest absolute Gasteiger partial charge is 0.233 e. The summed E-state index contributed by atoms with van der Waals surface area (Å²) in [6.45, 7) is 6.80. The Hall–Kier alpha value is -0.380. The minimum atomic E-state index is -0.0772. The van der Waals surface area contributed by atoms with Crippen LogP contribution in [0.4, 0.5) is 0 Å². The van der Waals surface area contributed by atoms with E-state index in [2.05, 4.69) is 22.9 Å². The number of hydrogen-bond acceptors (Lipinski definition) is 2. The van der Waals surface area contributed by atoms with Gasteiger partial charge in [-0.3, -0.25) is 14.5 Å². The van der Waals surface area contributed by atoms with Crippen LogP contribution in [0.2, 0.25) is 0 Å². The van der Waals surface area contributed by atoms with E-state index in [1.807, 2.05) is 13.8 Å². The molecule has 0 bridgehead atoms. The van der Waals surface area contributed by atoms with Gasteiger partial charge in [-0.15, -0.1) is 0 Å². The number of fused-ring (bicyclic) bond motifs is 1. The number of alkyl halides is 1. The van der Waals surface area contributed by atoms with Crippen LogP contribution in [-0.2, 0) is 9.59 Å². The van der Waals surface area contributed by atoms with E-state index in [1.54, 1.807) is 0 Å². The standard InChI is InChI=1S/C13H20BrNO2/c1-8(4-6-14)5-7-15-11(16)9-10(12(15)17)13(9,2)3/h8-10H,4-7H2,1-3H3. The van der Waals surface area contributed by atoms with Gasteiger partial charge in [0, 0.05) is 11.9 Å². The summed E-state index contributed by atoms with van der Waals surface area (Å²) in [5.41, 5.74) is -0.0772. The lowest BCUT2D eigenvalue weighted by molar-refractivity contribution is -0.143. The fraction of sp³-hybridized carbons (Fsp3) is 0.846. The molecule has 0 radical (unpaired) electrons. The molecule has 4 heteroatoms. The van der Waals surface area contributed by atoms with Crippen molar-refractivity contribution in [1.82, 2.24) is 4.90 Å². The average molecular weight is 302 g/mol. The number of piperidine rings is 1. The first-order valence-corrected chi connectivity index (χ1v) is 7.44. The number of hydrogen-bond donors (Lipinski definition) is 0. The first-order valence-electron chi connectivity index (χ1n) is 6.32. The third-order valence-electron chi connectivity index (χ3n) is 4.34. The van der Waals surface area contributed by atoms with E-state index in [4.69, 9.17) is 0 Å². The minimum absolute atomic E-state index is 0.0264. The zero-order valence-corrected chi connectivity index (χ0v) is 12.3. The Kier molecular flexibility index (Phi) is 3.36. The van der Waals surface area contributed by atoms with Crippen molar-refractivity contribution in [2.75, 3.05) is 11.9 Å². The normalized spacial score (nSPS) is 31.6. The molecule has 96 valence electrons. The molecule has 0 N–H and O–H groups in total. The summed E-state index contributed by atoms with van der Waals surface area (Å²) in [5, 5.41) is 0.980. The molecule has 0 spiro atoms. The number of likely N-dealkylation sites (tertiary alicyclic amines) is 1. The van der Waals surface area contributed by atoms with Gasteiger partial charge in [-0.1, -0.05) is 36.7 Å². The molecule has 0 aromatic carbocycles. The molecule has 2 fully saturated rings. The maximum absolute atomic E-state index is 12.0. The number of amides is 2. The fourth-order valence-electron chi connectivity index (χ4n) is 2.90. The van der Waals surface area contributed by atoms with Gasteiger partial charge in [-0.2, -0.15) is 0 Å². The van der Waals surface area contributed by atoms with Crippen molar-refractivity contribution in [2.24, 2.45) is 23.2 Å². The summed E-state index contributed by atoms with van der Waals surface area (Å²) >= 11 is 3.41. The van der Waals surface area contributed by atoms with Crippen LogP contribution in [0.5, 0.6) is 0 Å². The lowest BCUT2D eigenvalue weighted by atomic mass is 10.0. The van der Waals surface area contributed by atoms with Crippen molar-refractivity contribution < 1.29 is 9.59 Å². The number of carbonyl (C=O) groups excluding carboxylic acids is 2. The average Bonchev–Trinajstić information content (AvgIpc) is 2.69. The molecule has 3 unspecified atom stereocenters. The second kappa shape index (κ2) is 4.38. The van der Waals surface area contributed by atoms with Gasteiger partial charge in [-0.05, 0) is 24.2 Å². The lowest BCUT2D eigenvalue weighted by Gasteiger charge is -2.21. The molecule has 0 aromatic rings. The lowest BCUT2D eigenvalue weighted by Crippen LogP contribution is -2.37. The van der Waals surface area contributed by atoms with Crippen LogP contribution in [0, 0.1) is 23.2 Å². The number of imide groups is 1. The van der Waals surface area contributed by atoms with Gasteiger partial charge in [0.25, 0.3) is 0 Å². The Labute approximate surface area is 111 Å². The number of halogens is 1. The van der Waals surface area contributed by atoms with Crippen LogP contribution in [0.25, 0.3) is 0 Å². The van der Waals surface area contributed by atoms with Crippen LogP contribution in [0.15, 0.2) is 0 Å². The molecule has 2 rings (SSSR count). The Bertz CT molecular complexity index is 329. The zero-order valence-electron chi connectivity index (χ0n) is 10.7. The van der Waals surface area contributed by atoms with E-state index in [0.717, 1.165) is 18.2 Å². The summed E-state index contributed by atoms with van der Waals surface area (Å²) < 4.78 is 0. The highest BCUT2D eigenvalue weighted by atomic mass is 79.9. The first kappa shape index (κ1) is 13.1. The molecular formula is C13H20BrNO2. The summed E-state index contributed by atoms with van der Waals surface area (Å²) in [6, 6.07) is 0. The van der Waals surface area contributed by atoms with E-state index < -0.39 is 0 Å². The molecule has 0 aromatic heterocycles.